The lowest BCUT2D eigenvalue weighted by Crippen LogP contribution is -2.48. The molecule has 1 N–H and O–H groups in total. The summed E-state index contributed by atoms with van der Waals surface area (Å²) in [6.45, 7) is 1.67. The molecule has 1 atom stereocenters. The van der Waals surface area contributed by atoms with E-state index in [1.165, 1.54) is 12.1 Å². The van der Waals surface area contributed by atoms with Gasteiger partial charge in [-0.2, -0.15) is 0 Å². The van der Waals surface area contributed by atoms with Gasteiger partial charge in [-0.25, -0.2) is 4.39 Å². The predicted molar refractivity (Wildman–Crippen MR) is 67.0 cm³/mol. The van der Waals surface area contributed by atoms with Crippen molar-refractivity contribution in [2.75, 3.05) is 31.6 Å². The van der Waals surface area contributed by atoms with Crippen LogP contribution in [0, 0.1) is 5.82 Å². The number of ether oxygens (including phenoxy) is 1. The maximum atomic E-state index is 13.2. The van der Waals surface area contributed by atoms with E-state index in [1.807, 2.05) is 7.05 Å². The van der Waals surface area contributed by atoms with Crippen LogP contribution < -0.4 is 10.2 Å². The van der Waals surface area contributed by atoms with Crippen LogP contribution in [0.5, 0.6) is 0 Å². The van der Waals surface area contributed by atoms with Crippen LogP contribution in [0.2, 0.25) is 0 Å². The van der Waals surface area contributed by atoms with Gasteiger partial charge in [0.15, 0.2) is 0 Å². The summed E-state index contributed by atoms with van der Waals surface area (Å²) in [7, 11) is 1.83. The molecule has 0 aromatic heterocycles. The average Bonchev–Trinajstić information content (AvgIpc) is 2.37. The van der Waals surface area contributed by atoms with E-state index in [-0.39, 0.29) is 11.7 Å². The van der Waals surface area contributed by atoms with Crippen LogP contribution in [0.1, 0.15) is 6.42 Å². The van der Waals surface area contributed by atoms with E-state index in [4.69, 9.17) is 4.74 Å². The molecule has 1 aromatic carbocycles. The zero-order valence-electron chi connectivity index (χ0n) is 10.4. The van der Waals surface area contributed by atoms with Crippen molar-refractivity contribution < 1.29 is 13.9 Å². The molecule has 98 valence electrons. The van der Waals surface area contributed by atoms with Gasteiger partial charge in [0.2, 0.25) is 0 Å². The number of halogens is 1. The molecule has 5 heteroatoms. The third-order valence-electron chi connectivity index (χ3n) is 2.95. The van der Waals surface area contributed by atoms with E-state index >= 15 is 0 Å². The topological polar surface area (TPSA) is 41.6 Å². The Hall–Kier alpha value is -1.46. The minimum Gasteiger partial charge on any atom is -0.366 e. The fourth-order valence-corrected chi connectivity index (χ4v) is 2.02. The molecule has 1 aromatic rings. The average molecular weight is 252 g/mol. The fraction of sp³-hybridized carbons (Fsp3) is 0.462. The van der Waals surface area contributed by atoms with Crippen LogP contribution in [-0.4, -0.2) is 38.8 Å². The lowest BCUT2D eigenvalue weighted by atomic mass is 10.1. The highest BCUT2D eigenvalue weighted by molar-refractivity contribution is 5.97. The Kier molecular flexibility index (Phi) is 4.28. The van der Waals surface area contributed by atoms with E-state index in [9.17, 15) is 9.18 Å². The first kappa shape index (κ1) is 13.0. The highest BCUT2D eigenvalue weighted by Gasteiger charge is 2.30. The molecule has 1 amide bonds. The number of amides is 1. The fourth-order valence-electron chi connectivity index (χ4n) is 2.02. The number of nitrogens with one attached hydrogen (secondary N) is 1. The summed E-state index contributed by atoms with van der Waals surface area (Å²) in [6.07, 6.45) is 0.190. The van der Waals surface area contributed by atoms with Crippen LogP contribution in [0.15, 0.2) is 24.3 Å². The van der Waals surface area contributed by atoms with Gasteiger partial charge in [-0.05, 0) is 38.2 Å². The number of rotatable bonds is 4. The molecule has 0 radical (unpaired) electrons. The Bertz CT molecular complexity index is 425. The van der Waals surface area contributed by atoms with Gasteiger partial charge in [0.05, 0.1) is 6.61 Å². The van der Waals surface area contributed by atoms with E-state index < -0.39 is 6.10 Å². The molecule has 18 heavy (non-hydrogen) atoms. The van der Waals surface area contributed by atoms with Gasteiger partial charge in [0, 0.05) is 12.2 Å². The maximum absolute atomic E-state index is 13.2. The number of benzene rings is 1. The molecule has 1 aliphatic rings. The highest BCUT2D eigenvalue weighted by atomic mass is 19.1. The summed E-state index contributed by atoms with van der Waals surface area (Å²) in [5.41, 5.74) is 0.595. The minimum absolute atomic E-state index is 0.0953. The van der Waals surface area contributed by atoms with Crippen molar-refractivity contribution in [3.63, 3.8) is 0 Å². The van der Waals surface area contributed by atoms with Gasteiger partial charge in [-0.15, -0.1) is 0 Å². The third kappa shape index (κ3) is 2.86. The SMILES string of the molecule is CNCCC1OCCN(c2cccc(F)c2)C1=O. The first-order valence-corrected chi connectivity index (χ1v) is 6.05. The second kappa shape index (κ2) is 5.93. The Labute approximate surface area is 106 Å². The Balaban J connectivity index is 2.11. The lowest BCUT2D eigenvalue weighted by molar-refractivity contribution is -0.134. The zero-order chi connectivity index (χ0) is 13.0. The largest absolute Gasteiger partial charge is 0.366 e. The van der Waals surface area contributed by atoms with Crippen molar-refractivity contribution in [1.29, 1.82) is 0 Å². The summed E-state index contributed by atoms with van der Waals surface area (Å²) >= 11 is 0. The minimum atomic E-state index is -0.436. The van der Waals surface area contributed by atoms with Crippen molar-refractivity contribution in [2.24, 2.45) is 0 Å². The van der Waals surface area contributed by atoms with Crippen LogP contribution in [0.4, 0.5) is 10.1 Å². The molecule has 1 fully saturated rings. The molecular formula is C13H17FN2O2. The summed E-state index contributed by atoms with van der Waals surface area (Å²) in [6, 6.07) is 6.09. The van der Waals surface area contributed by atoms with Gasteiger partial charge < -0.3 is 15.0 Å². The molecule has 1 saturated heterocycles. The molecule has 1 aliphatic heterocycles. The standard InChI is InChI=1S/C13H17FN2O2/c1-15-6-5-12-13(17)16(7-8-18-12)11-4-2-3-10(14)9-11/h2-4,9,12,15H,5-8H2,1H3. The molecule has 4 nitrogen and oxygen atoms in total. The van der Waals surface area contributed by atoms with Crippen molar-refractivity contribution in [1.82, 2.24) is 5.32 Å². The molecule has 0 spiro atoms. The molecule has 2 rings (SSSR count). The van der Waals surface area contributed by atoms with Crippen molar-refractivity contribution in [3.8, 4) is 0 Å². The molecule has 0 bridgehead atoms. The number of carbonyl (C=O) groups is 1. The number of anilines is 1. The number of carbonyl (C=O) groups excluding carboxylic acids is 1. The second-order valence-corrected chi connectivity index (χ2v) is 4.22. The Morgan fingerprint density at radius 1 is 1.56 bits per heavy atom. The van der Waals surface area contributed by atoms with Crippen LogP contribution in [-0.2, 0) is 9.53 Å². The zero-order valence-corrected chi connectivity index (χ0v) is 10.4. The van der Waals surface area contributed by atoms with Crippen molar-refractivity contribution in [2.45, 2.75) is 12.5 Å². The Morgan fingerprint density at radius 2 is 2.39 bits per heavy atom. The lowest BCUT2D eigenvalue weighted by Gasteiger charge is -2.32. The van der Waals surface area contributed by atoms with Gasteiger partial charge in [0.25, 0.3) is 5.91 Å². The molecule has 0 saturated carbocycles. The second-order valence-electron chi connectivity index (χ2n) is 4.22. The number of hydrogen-bond acceptors (Lipinski definition) is 3. The van der Waals surface area contributed by atoms with Gasteiger partial charge in [-0.1, -0.05) is 6.07 Å². The normalized spacial score (nSPS) is 20.2. The number of hydrogen-bond donors (Lipinski definition) is 1. The van der Waals surface area contributed by atoms with E-state index in [2.05, 4.69) is 5.32 Å². The molecule has 0 aliphatic carbocycles. The van der Waals surface area contributed by atoms with Gasteiger partial charge in [0.1, 0.15) is 11.9 Å². The summed E-state index contributed by atoms with van der Waals surface area (Å²) in [5.74, 6) is -0.430. The van der Waals surface area contributed by atoms with E-state index in [0.717, 1.165) is 0 Å². The number of nitrogens with zero attached hydrogens (tertiary/aromatic N) is 1. The summed E-state index contributed by atoms with van der Waals surface area (Å²) in [5, 5.41) is 2.99. The molecule has 1 heterocycles. The van der Waals surface area contributed by atoms with Crippen molar-refractivity contribution in [3.05, 3.63) is 30.1 Å². The third-order valence-corrected chi connectivity index (χ3v) is 2.95. The van der Waals surface area contributed by atoms with Crippen LogP contribution in [0.25, 0.3) is 0 Å². The van der Waals surface area contributed by atoms with Crippen molar-refractivity contribution >= 4 is 11.6 Å². The number of morpholine rings is 1. The summed E-state index contributed by atoms with van der Waals surface area (Å²) < 4.78 is 18.6. The van der Waals surface area contributed by atoms with Gasteiger partial charge >= 0.3 is 0 Å². The van der Waals surface area contributed by atoms with Crippen LogP contribution >= 0.6 is 0 Å². The first-order chi connectivity index (χ1) is 8.72. The highest BCUT2D eigenvalue weighted by Crippen LogP contribution is 2.20. The quantitative estimate of drug-likeness (QED) is 0.874. The first-order valence-electron chi connectivity index (χ1n) is 6.05. The Morgan fingerprint density at radius 3 is 3.11 bits per heavy atom. The molecular weight excluding hydrogens is 235 g/mol. The summed E-state index contributed by atoms with van der Waals surface area (Å²) in [4.78, 5) is 13.8. The monoisotopic (exact) mass is 252 g/mol. The van der Waals surface area contributed by atoms with Gasteiger partial charge in [-0.3, -0.25) is 4.79 Å². The molecule has 1 unspecified atom stereocenters. The van der Waals surface area contributed by atoms with E-state index in [0.29, 0.717) is 31.8 Å². The van der Waals surface area contributed by atoms with E-state index in [1.54, 1.807) is 17.0 Å². The predicted octanol–water partition coefficient (Wildman–Crippen LogP) is 1.17. The maximum Gasteiger partial charge on any atom is 0.256 e. The smallest absolute Gasteiger partial charge is 0.256 e. The van der Waals surface area contributed by atoms with Crippen LogP contribution in [0.3, 0.4) is 0 Å².